The lowest BCUT2D eigenvalue weighted by atomic mass is 9.41. The molecule has 10 heteroatoms. The number of nitrogens with zero attached hydrogens (tertiary/aromatic N) is 2. The lowest BCUT2D eigenvalue weighted by Crippen LogP contribution is -2.69. The number of carbonyl (C=O) groups is 1. The summed E-state index contributed by atoms with van der Waals surface area (Å²) in [5, 5.41) is 36.0. The van der Waals surface area contributed by atoms with E-state index in [1.165, 1.54) is 0 Å². The molecule has 3 N–H and O–H groups in total. The van der Waals surface area contributed by atoms with Gasteiger partial charge >= 0.3 is 5.97 Å². The zero-order chi connectivity index (χ0) is 32.3. The fourth-order valence-electron chi connectivity index (χ4n) is 10.8. The van der Waals surface area contributed by atoms with Crippen molar-refractivity contribution >= 4 is 12.2 Å². The van der Waals surface area contributed by atoms with E-state index < -0.39 is 35.1 Å². The van der Waals surface area contributed by atoms with E-state index in [9.17, 15) is 20.1 Å². The molecule has 0 spiro atoms. The molecule has 46 heavy (non-hydrogen) atoms. The standard InChI is InChI=1S/C36H50N2O8/c1-22-32(40)29(43-3)17-31(45-22)46-25-7-12-34(21-37-19-24-6-4-5-15-38-24)27-8-11-33(2)26(23-16-30(39)44-20-23)10-14-36(33,42)28(27)9-13-35(34,41)18-25/h4-6,15-16,21-22,25-29,31-32,40-42H,7-14,17-20H2,1-3H3/t22-,25-,26+,27+,28-,29+,31+,32-,33-,34+,35-,36+/m1/s1. The summed E-state index contributed by atoms with van der Waals surface area (Å²) in [7, 11) is 1.59. The molecule has 10 nitrogen and oxygen atoms in total. The van der Waals surface area contributed by atoms with Crippen LogP contribution in [0, 0.1) is 28.6 Å². The Kier molecular flexibility index (Phi) is 8.46. The molecule has 3 heterocycles. The number of carbonyl (C=O) groups excluding carboxylic acids is 1. The minimum absolute atomic E-state index is 0.000364. The van der Waals surface area contributed by atoms with Crippen molar-refractivity contribution in [1.82, 2.24) is 4.98 Å². The van der Waals surface area contributed by atoms with Gasteiger partial charge in [-0.25, -0.2) is 4.79 Å². The van der Waals surface area contributed by atoms with Gasteiger partial charge in [-0.1, -0.05) is 13.0 Å². The molecule has 12 atom stereocenters. The maximum atomic E-state index is 12.8. The van der Waals surface area contributed by atoms with Gasteiger partial charge in [0.05, 0.1) is 41.8 Å². The second-order valence-corrected chi connectivity index (χ2v) is 15.2. The van der Waals surface area contributed by atoms with Crippen molar-refractivity contribution in [2.24, 2.45) is 33.6 Å². The number of hydrogen-bond donors (Lipinski definition) is 3. The van der Waals surface area contributed by atoms with Gasteiger partial charge in [0.15, 0.2) is 6.29 Å². The molecule has 5 fully saturated rings. The molecule has 6 aliphatic rings. The average Bonchev–Trinajstić information content (AvgIpc) is 3.58. The highest BCUT2D eigenvalue weighted by molar-refractivity contribution is 5.85. The molecule has 0 radical (unpaired) electrons. The van der Waals surface area contributed by atoms with Gasteiger partial charge in [-0.05, 0) is 93.7 Å². The van der Waals surface area contributed by atoms with Gasteiger partial charge in [-0.15, -0.1) is 0 Å². The highest BCUT2D eigenvalue weighted by atomic mass is 16.7. The number of aliphatic imine (C=N–C) groups is 1. The number of cyclic esters (lactones) is 1. The highest BCUT2D eigenvalue weighted by Gasteiger charge is 2.71. The molecule has 1 saturated heterocycles. The third-order valence-corrected chi connectivity index (χ3v) is 13.2. The van der Waals surface area contributed by atoms with Gasteiger partial charge in [-0.3, -0.25) is 9.98 Å². The third-order valence-electron chi connectivity index (χ3n) is 13.2. The van der Waals surface area contributed by atoms with Gasteiger partial charge in [0, 0.05) is 49.3 Å². The molecule has 0 unspecified atom stereocenters. The van der Waals surface area contributed by atoms with Crippen molar-refractivity contribution in [1.29, 1.82) is 0 Å². The van der Waals surface area contributed by atoms with Crippen LogP contribution >= 0.6 is 0 Å². The number of aliphatic hydroxyl groups excluding tert-OH is 1. The van der Waals surface area contributed by atoms with E-state index in [0.29, 0.717) is 51.7 Å². The van der Waals surface area contributed by atoms with Gasteiger partial charge in [-0.2, -0.15) is 0 Å². The Balaban J connectivity index is 1.17. The number of aliphatic hydroxyl groups is 3. The first-order valence-electron chi connectivity index (χ1n) is 17.3. The van der Waals surface area contributed by atoms with Crippen molar-refractivity contribution in [3.63, 3.8) is 0 Å². The van der Waals surface area contributed by atoms with Crippen LogP contribution in [-0.4, -0.2) is 88.1 Å². The number of fused-ring (bicyclic) bond motifs is 5. The minimum Gasteiger partial charge on any atom is -0.458 e. The van der Waals surface area contributed by atoms with Crippen molar-refractivity contribution in [3.8, 4) is 0 Å². The van der Waals surface area contributed by atoms with Crippen LogP contribution in [0.3, 0.4) is 0 Å². The van der Waals surface area contributed by atoms with E-state index in [4.69, 9.17) is 23.9 Å². The number of esters is 1. The summed E-state index contributed by atoms with van der Waals surface area (Å²) in [4.78, 5) is 21.4. The van der Waals surface area contributed by atoms with Crippen LogP contribution in [0.2, 0.25) is 0 Å². The molecule has 0 aromatic carbocycles. The minimum atomic E-state index is -1.07. The first-order chi connectivity index (χ1) is 22.0. The smallest absolute Gasteiger partial charge is 0.331 e. The molecule has 1 aromatic rings. The molecule has 0 amide bonds. The van der Waals surface area contributed by atoms with Crippen molar-refractivity contribution in [3.05, 3.63) is 41.7 Å². The van der Waals surface area contributed by atoms with Gasteiger partial charge in [0.2, 0.25) is 0 Å². The maximum Gasteiger partial charge on any atom is 0.331 e. The lowest BCUT2D eigenvalue weighted by Gasteiger charge is -2.66. The molecular formula is C36H50N2O8. The fraction of sp³-hybridized carbons (Fsp3) is 0.750. The van der Waals surface area contributed by atoms with E-state index in [1.807, 2.05) is 31.3 Å². The average molecular weight is 639 g/mol. The predicted molar refractivity (Wildman–Crippen MR) is 169 cm³/mol. The summed E-state index contributed by atoms with van der Waals surface area (Å²) in [5.41, 5.74) is -1.09. The van der Waals surface area contributed by atoms with Gasteiger partial charge in [0.1, 0.15) is 12.7 Å². The van der Waals surface area contributed by atoms with Crippen LogP contribution < -0.4 is 0 Å². The zero-order valence-corrected chi connectivity index (χ0v) is 27.3. The molecular weight excluding hydrogens is 588 g/mol. The summed E-state index contributed by atoms with van der Waals surface area (Å²) in [5.74, 6) is -0.128. The predicted octanol–water partition coefficient (Wildman–Crippen LogP) is 3.90. The topological polar surface area (TPSA) is 140 Å². The first kappa shape index (κ1) is 32.3. The number of rotatable bonds is 7. The van der Waals surface area contributed by atoms with Crippen molar-refractivity contribution in [2.75, 3.05) is 13.7 Å². The monoisotopic (exact) mass is 638 g/mol. The Hall–Kier alpha value is -2.21. The zero-order valence-electron chi connectivity index (χ0n) is 27.3. The summed E-state index contributed by atoms with van der Waals surface area (Å²) in [6, 6.07) is 5.81. The number of hydrogen-bond acceptors (Lipinski definition) is 10. The Morgan fingerprint density at radius 3 is 2.67 bits per heavy atom. The van der Waals surface area contributed by atoms with Crippen LogP contribution in [0.1, 0.15) is 83.7 Å². The molecule has 4 saturated carbocycles. The highest BCUT2D eigenvalue weighted by Crippen LogP contribution is 2.70. The van der Waals surface area contributed by atoms with E-state index in [0.717, 1.165) is 37.0 Å². The Bertz CT molecular complexity index is 1360. The number of aromatic nitrogens is 1. The maximum absolute atomic E-state index is 12.8. The normalized spacial score (nSPS) is 47.2. The van der Waals surface area contributed by atoms with E-state index in [-0.39, 0.29) is 41.3 Å². The molecule has 0 bridgehead atoms. The second kappa shape index (κ2) is 12.0. The Morgan fingerprint density at radius 2 is 1.93 bits per heavy atom. The lowest BCUT2D eigenvalue weighted by molar-refractivity contribution is -0.284. The molecule has 7 rings (SSSR count). The second-order valence-electron chi connectivity index (χ2n) is 15.2. The van der Waals surface area contributed by atoms with Crippen molar-refractivity contribution in [2.45, 2.75) is 127 Å². The Labute approximate surface area is 271 Å². The van der Waals surface area contributed by atoms with Crippen LogP contribution in [0.25, 0.3) is 0 Å². The number of methoxy groups -OCH3 is 1. The van der Waals surface area contributed by atoms with E-state index >= 15 is 0 Å². The van der Waals surface area contributed by atoms with Crippen LogP contribution in [0.5, 0.6) is 0 Å². The van der Waals surface area contributed by atoms with Crippen molar-refractivity contribution < 1.29 is 39.1 Å². The van der Waals surface area contributed by atoms with E-state index in [1.54, 1.807) is 19.4 Å². The fourth-order valence-corrected chi connectivity index (χ4v) is 10.8. The number of ether oxygens (including phenoxy) is 4. The molecule has 1 aromatic heterocycles. The van der Waals surface area contributed by atoms with Gasteiger partial charge < -0.3 is 34.3 Å². The Morgan fingerprint density at radius 1 is 1.11 bits per heavy atom. The summed E-state index contributed by atoms with van der Waals surface area (Å²) in [6.07, 6.45) is 9.93. The quantitative estimate of drug-likeness (QED) is 0.231. The first-order valence-corrected chi connectivity index (χ1v) is 17.3. The third kappa shape index (κ3) is 5.10. The SMILES string of the molecule is CO[C@H]1C[C@H](O[C@@H]2CC[C@]3(C=NCc4ccccn4)[C@H]4CC[C@]5(C)[C@H](C6=CC(=O)OC6)CC[C@]5(O)[C@@H]4CC[C@@]3(O)C2)O[C@H](C)[C@H]1O. The molecule has 2 aliphatic heterocycles. The molecule has 252 valence electrons. The van der Waals surface area contributed by atoms with Crippen LogP contribution in [0.4, 0.5) is 0 Å². The van der Waals surface area contributed by atoms with Gasteiger partial charge in [0.25, 0.3) is 0 Å². The summed E-state index contributed by atoms with van der Waals surface area (Å²) < 4.78 is 23.4. The largest absolute Gasteiger partial charge is 0.458 e. The van der Waals surface area contributed by atoms with E-state index in [2.05, 4.69) is 11.9 Å². The molecule has 4 aliphatic carbocycles. The van der Waals surface area contributed by atoms with Crippen LogP contribution in [-0.2, 0) is 30.3 Å². The summed E-state index contributed by atoms with van der Waals surface area (Å²) in [6.45, 7) is 4.79. The summed E-state index contributed by atoms with van der Waals surface area (Å²) >= 11 is 0. The number of pyridine rings is 1. The van der Waals surface area contributed by atoms with Crippen LogP contribution in [0.15, 0.2) is 41.0 Å².